The standard InChI is InChI=1S/C22H26FN3O2/c1-26(22(27)13-12-20-7-5-15-28-20)14-4-2-3-6-19-16-21(25-24-19)17-8-10-18(23)11-9-17/h5,7-11,15-16H,2-4,6,12-14H2,1H3,(H,24,25). The SMILES string of the molecule is CN(CCCCCc1cc(-c2ccc(F)cc2)n[nH]1)C(=O)CCc1ccco1. The summed E-state index contributed by atoms with van der Waals surface area (Å²) in [7, 11) is 1.86. The number of amides is 1. The second-order valence-electron chi connectivity index (χ2n) is 6.99. The van der Waals surface area contributed by atoms with Crippen LogP contribution in [0.2, 0.25) is 0 Å². The number of aromatic amines is 1. The third kappa shape index (κ3) is 5.81. The van der Waals surface area contributed by atoms with Gasteiger partial charge in [0.25, 0.3) is 0 Å². The number of hydrogen-bond donors (Lipinski definition) is 1. The first-order chi connectivity index (χ1) is 13.6. The average Bonchev–Trinajstić information content (AvgIpc) is 3.38. The molecular weight excluding hydrogens is 357 g/mol. The summed E-state index contributed by atoms with van der Waals surface area (Å²) in [6, 6.07) is 12.1. The molecule has 0 radical (unpaired) electrons. The Morgan fingerprint density at radius 3 is 2.71 bits per heavy atom. The van der Waals surface area contributed by atoms with E-state index in [0.29, 0.717) is 12.8 Å². The molecule has 0 aliphatic carbocycles. The van der Waals surface area contributed by atoms with Crippen molar-refractivity contribution in [1.82, 2.24) is 15.1 Å². The molecule has 0 aliphatic heterocycles. The Balaban J connectivity index is 1.32. The van der Waals surface area contributed by atoms with Crippen LogP contribution >= 0.6 is 0 Å². The van der Waals surface area contributed by atoms with E-state index in [1.807, 2.05) is 25.2 Å². The minimum absolute atomic E-state index is 0.147. The molecule has 0 bridgehead atoms. The fourth-order valence-corrected chi connectivity index (χ4v) is 3.10. The zero-order valence-electron chi connectivity index (χ0n) is 16.2. The molecule has 1 aromatic carbocycles. The number of unbranched alkanes of at least 4 members (excludes halogenated alkanes) is 2. The van der Waals surface area contributed by atoms with Crippen molar-refractivity contribution < 1.29 is 13.6 Å². The molecule has 0 unspecified atom stereocenters. The zero-order valence-corrected chi connectivity index (χ0v) is 16.2. The van der Waals surface area contributed by atoms with Crippen LogP contribution in [0.15, 0.2) is 53.1 Å². The van der Waals surface area contributed by atoms with Gasteiger partial charge < -0.3 is 9.32 Å². The average molecular weight is 383 g/mol. The van der Waals surface area contributed by atoms with Crippen molar-refractivity contribution in [2.24, 2.45) is 0 Å². The van der Waals surface area contributed by atoms with E-state index >= 15 is 0 Å². The number of halogens is 1. The summed E-state index contributed by atoms with van der Waals surface area (Å²) >= 11 is 0. The molecule has 0 spiro atoms. The molecule has 3 rings (SSSR count). The number of carbonyl (C=O) groups excluding carboxylic acids is 1. The first kappa shape index (κ1) is 19.9. The van der Waals surface area contributed by atoms with E-state index in [-0.39, 0.29) is 11.7 Å². The molecule has 2 heterocycles. The lowest BCUT2D eigenvalue weighted by Crippen LogP contribution is -2.27. The van der Waals surface area contributed by atoms with Crippen LogP contribution in [0, 0.1) is 5.82 Å². The number of H-pyrrole nitrogens is 1. The molecular formula is C22H26FN3O2. The lowest BCUT2D eigenvalue weighted by Gasteiger charge is -2.16. The Labute approximate surface area is 164 Å². The van der Waals surface area contributed by atoms with Gasteiger partial charge in [0.2, 0.25) is 5.91 Å². The Hall–Kier alpha value is -2.89. The van der Waals surface area contributed by atoms with E-state index in [1.165, 1.54) is 12.1 Å². The van der Waals surface area contributed by atoms with Crippen molar-refractivity contribution >= 4 is 5.91 Å². The lowest BCUT2D eigenvalue weighted by atomic mass is 10.1. The van der Waals surface area contributed by atoms with Crippen LogP contribution in [-0.4, -0.2) is 34.6 Å². The normalized spacial score (nSPS) is 10.9. The van der Waals surface area contributed by atoms with Gasteiger partial charge in [0.15, 0.2) is 0 Å². The Bertz CT molecular complexity index is 856. The fraction of sp³-hybridized carbons (Fsp3) is 0.364. The Kier molecular flexibility index (Phi) is 7.00. The van der Waals surface area contributed by atoms with Gasteiger partial charge >= 0.3 is 0 Å². The van der Waals surface area contributed by atoms with E-state index < -0.39 is 0 Å². The smallest absolute Gasteiger partial charge is 0.222 e. The maximum absolute atomic E-state index is 13.0. The molecule has 1 N–H and O–H groups in total. The maximum atomic E-state index is 13.0. The number of nitrogens with one attached hydrogen (secondary N) is 1. The number of furan rings is 1. The number of rotatable bonds is 10. The van der Waals surface area contributed by atoms with Crippen LogP contribution in [-0.2, 0) is 17.6 Å². The van der Waals surface area contributed by atoms with Crippen LogP contribution in [0.4, 0.5) is 4.39 Å². The monoisotopic (exact) mass is 383 g/mol. The van der Waals surface area contributed by atoms with E-state index in [0.717, 1.165) is 54.9 Å². The van der Waals surface area contributed by atoms with Crippen molar-refractivity contribution in [3.8, 4) is 11.3 Å². The van der Waals surface area contributed by atoms with Crippen molar-refractivity contribution in [2.75, 3.05) is 13.6 Å². The van der Waals surface area contributed by atoms with Gasteiger partial charge in [0.1, 0.15) is 11.6 Å². The Morgan fingerprint density at radius 1 is 1.14 bits per heavy atom. The molecule has 0 saturated carbocycles. The molecule has 148 valence electrons. The minimum Gasteiger partial charge on any atom is -0.469 e. The highest BCUT2D eigenvalue weighted by Gasteiger charge is 2.10. The summed E-state index contributed by atoms with van der Waals surface area (Å²) in [5.41, 5.74) is 2.80. The highest BCUT2D eigenvalue weighted by Crippen LogP contribution is 2.19. The van der Waals surface area contributed by atoms with E-state index in [4.69, 9.17) is 4.42 Å². The maximum Gasteiger partial charge on any atom is 0.222 e. The van der Waals surface area contributed by atoms with E-state index in [2.05, 4.69) is 10.2 Å². The van der Waals surface area contributed by atoms with Gasteiger partial charge in [-0.15, -0.1) is 0 Å². The lowest BCUT2D eigenvalue weighted by molar-refractivity contribution is -0.130. The van der Waals surface area contributed by atoms with Gasteiger partial charge in [0, 0.05) is 37.7 Å². The zero-order chi connectivity index (χ0) is 19.8. The molecule has 0 aliphatic rings. The molecule has 5 nitrogen and oxygen atoms in total. The van der Waals surface area contributed by atoms with Crippen LogP contribution in [0.5, 0.6) is 0 Å². The second kappa shape index (κ2) is 9.88. The number of carbonyl (C=O) groups is 1. The van der Waals surface area contributed by atoms with Gasteiger partial charge in [-0.05, 0) is 61.7 Å². The highest BCUT2D eigenvalue weighted by molar-refractivity contribution is 5.76. The Morgan fingerprint density at radius 2 is 1.96 bits per heavy atom. The molecule has 28 heavy (non-hydrogen) atoms. The molecule has 0 fully saturated rings. The van der Waals surface area contributed by atoms with Gasteiger partial charge in [-0.3, -0.25) is 9.89 Å². The first-order valence-corrected chi connectivity index (χ1v) is 9.68. The predicted octanol–water partition coefficient (Wildman–Crippen LogP) is 4.61. The fourth-order valence-electron chi connectivity index (χ4n) is 3.10. The summed E-state index contributed by atoms with van der Waals surface area (Å²) in [5.74, 6) is 0.749. The summed E-state index contributed by atoms with van der Waals surface area (Å²) in [6.45, 7) is 0.765. The molecule has 3 aromatic rings. The molecule has 6 heteroatoms. The third-order valence-corrected chi connectivity index (χ3v) is 4.80. The highest BCUT2D eigenvalue weighted by atomic mass is 19.1. The summed E-state index contributed by atoms with van der Waals surface area (Å²) in [5, 5.41) is 7.35. The van der Waals surface area contributed by atoms with Crippen molar-refractivity contribution in [2.45, 2.75) is 38.5 Å². The van der Waals surface area contributed by atoms with Gasteiger partial charge in [0.05, 0.1) is 12.0 Å². The first-order valence-electron chi connectivity index (χ1n) is 9.68. The van der Waals surface area contributed by atoms with Gasteiger partial charge in [-0.1, -0.05) is 6.42 Å². The van der Waals surface area contributed by atoms with Crippen LogP contribution in [0.25, 0.3) is 11.3 Å². The summed E-state index contributed by atoms with van der Waals surface area (Å²) in [4.78, 5) is 13.9. The number of benzene rings is 1. The van der Waals surface area contributed by atoms with Crippen LogP contribution < -0.4 is 0 Å². The topological polar surface area (TPSA) is 62.1 Å². The van der Waals surface area contributed by atoms with Crippen molar-refractivity contribution in [3.63, 3.8) is 0 Å². The van der Waals surface area contributed by atoms with Gasteiger partial charge in [-0.25, -0.2) is 4.39 Å². The second-order valence-corrected chi connectivity index (χ2v) is 6.99. The largest absolute Gasteiger partial charge is 0.469 e. The van der Waals surface area contributed by atoms with Gasteiger partial charge in [-0.2, -0.15) is 5.10 Å². The van der Waals surface area contributed by atoms with Crippen molar-refractivity contribution in [1.29, 1.82) is 0 Å². The molecule has 0 atom stereocenters. The van der Waals surface area contributed by atoms with E-state index in [1.54, 1.807) is 23.3 Å². The van der Waals surface area contributed by atoms with Crippen LogP contribution in [0.3, 0.4) is 0 Å². The number of aromatic nitrogens is 2. The number of hydrogen-bond acceptors (Lipinski definition) is 3. The predicted molar refractivity (Wildman–Crippen MR) is 106 cm³/mol. The number of nitrogens with zero attached hydrogens (tertiary/aromatic N) is 2. The summed E-state index contributed by atoms with van der Waals surface area (Å²) in [6.07, 6.45) is 6.70. The van der Waals surface area contributed by atoms with Crippen LogP contribution in [0.1, 0.15) is 37.1 Å². The number of aryl methyl sites for hydroxylation is 2. The molecule has 1 amide bonds. The summed E-state index contributed by atoms with van der Waals surface area (Å²) < 4.78 is 18.3. The third-order valence-electron chi connectivity index (χ3n) is 4.80. The quantitative estimate of drug-likeness (QED) is 0.520. The minimum atomic E-state index is -0.246. The molecule has 2 aromatic heterocycles. The van der Waals surface area contributed by atoms with Crippen molar-refractivity contribution in [3.05, 3.63) is 66.0 Å². The molecule has 0 saturated heterocycles. The van der Waals surface area contributed by atoms with E-state index in [9.17, 15) is 9.18 Å².